The Hall–Kier alpha value is -2.25. The Bertz CT molecular complexity index is 961. The van der Waals surface area contributed by atoms with E-state index in [-0.39, 0.29) is 30.0 Å². The van der Waals surface area contributed by atoms with Crippen LogP contribution in [0.4, 0.5) is 0 Å². The topological polar surface area (TPSA) is 72.9 Å². The van der Waals surface area contributed by atoms with Gasteiger partial charge in [0.2, 0.25) is 0 Å². The molecule has 0 radical (unpaired) electrons. The minimum atomic E-state index is -3.14. The maximum atomic E-state index is 13.3. The number of hydrogen-bond acceptors (Lipinski definition) is 5. The van der Waals surface area contributed by atoms with E-state index in [1.54, 1.807) is 42.2 Å². The first-order chi connectivity index (χ1) is 13.8. The van der Waals surface area contributed by atoms with Crippen LogP contribution in [0.15, 0.2) is 48.5 Å². The fraction of sp³-hybridized carbons (Fsp3) is 0.381. The highest BCUT2D eigenvalue weighted by atomic mass is 35.5. The van der Waals surface area contributed by atoms with Crippen LogP contribution in [0.3, 0.4) is 0 Å². The number of para-hydroxylation sites is 2. The molecule has 2 aromatic rings. The van der Waals surface area contributed by atoms with Crippen molar-refractivity contribution in [3.63, 3.8) is 0 Å². The molecule has 6 nitrogen and oxygen atoms in total. The molecular weight excluding hydrogens is 414 g/mol. The third-order valence-electron chi connectivity index (χ3n) is 4.92. The van der Waals surface area contributed by atoms with Crippen molar-refractivity contribution in [3.8, 4) is 11.5 Å². The minimum Gasteiger partial charge on any atom is -0.493 e. The average molecular weight is 438 g/mol. The minimum absolute atomic E-state index is 0.0340. The largest absolute Gasteiger partial charge is 0.493 e. The summed E-state index contributed by atoms with van der Waals surface area (Å²) < 4.78 is 35.2. The van der Waals surface area contributed by atoms with Crippen LogP contribution in [0, 0.1) is 0 Å². The lowest BCUT2D eigenvalue weighted by Gasteiger charge is -2.31. The number of hydrogen-bond donors (Lipinski definition) is 0. The van der Waals surface area contributed by atoms with E-state index >= 15 is 0 Å². The van der Waals surface area contributed by atoms with Crippen LogP contribution < -0.4 is 9.47 Å². The van der Waals surface area contributed by atoms with Crippen LogP contribution in [0.2, 0.25) is 5.02 Å². The lowest BCUT2D eigenvalue weighted by atomic mass is 10.1. The number of carbonyl (C=O) groups excluding carboxylic acids is 1. The first-order valence-electron chi connectivity index (χ1n) is 9.34. The predicted octanol–water partition coefficient (Wildman–Crippen LogP) is 3.33. The first kappa shape index (κ1) is 21.5. The highest BCUT2D eigenvalue weighted by molar-refractivity contribution is 7.91. The number of benzene rings is 2. The summed E-state index contributed by atoms with van der Waals surface area (Å²) >= 11 is 5.95. The monoisotopic (exact) mass is 437 g/mol. The Kier molecular flexibility index (Phi) is 6.70. The van der Waals surface area contributed by atoms with Gasteiger partial charge in [-0.2, -0.15) is 0 Å². The van der Waals surface area contributed by atoms with Crippen molar-refractivity contribution in [2.75, 3.05) is 18.6 Å². The molecule has 2 unspecified atom stereocenters. The molecule has 156 valence electrons. The molecule has 1 aliphatic rings. The lowest BCUT2D eigenvalue weighted by Crippen LogP contribution is -2.46. The Balaban J connectivity index is 1.82. The summed E-state index contributed by atoms with van der Waals surface area (Å²) in [7, 11) is -1.61. The lowest BCUT2D eigenvalue weighted by molar-refractivity contribution is -0.140. The van der Waals surface area contributed by atoms with Gasteiger partial charge in [-0.05, 0) is 43.2 Å². The van der Waals surface area contributed by atoms with Crippen LogP contribution in [0.1, 0.15) is 18.9 Å². The second kappa shape index (κ2) is 9.05. The fourth-order valence-electron chi connectivity index (χ4n) is 3.39. The normalized spacial score (nSPS) is 18.8. The maximum Gasteiger partial charge on any atom is 0.263 e. The zero-order valence-corrected chi connectivity index (χ0v) is 17.9. The van der Waals surface area contributed by atoms with Gasteiger partial charge in [-0.15, -0.1) is 0 Å². The van der Waals surface area contributed by atoms with Gasteiger partial charge in [0.1, 0.15) is 0 Å². The van der Waals surface area contributed by atoms with Gasteiger partial charge >= 0.3 is 0 Å². The van der Waals surface area contributed by atoms with E-state index in [9.17, 15) is 13.2 Å². The van der Waals surface area contributed by atoms with E-state index in [0.29, 0.717) is 22.9 Å². The number of rotatable bonds is 7. The second-order valence-corrected chi connectivity index (χ2v) is 9.73. The molecule has 0 saturated carbocycles. The number of halogens is 1. The van der Waals surface area contributed by atoms with Gasteiger partial charge in [0, 0.05) is 17.6 Å². The standard InChI is InChI=1S/C21H24ClNO5S/c1-15(28-20-6-4-3-5-19(20)27-2)21(24)23(18-11-12-29(25,26)14-18)13-16-7-9-17(22)10-8-16/h3-10,15,18H,11-14H2,1-2H3. The van der Waals surface area contributed by atoms with Crippen molar-refractivity contribution in [1.82, 2.24) is 4.90 Å². The predicted molar refractivity (Wildman–Crippen MR) is 112 cm³/mol. The highest BCUT2D eigenvalue weighted by Crippen LogP contribution is 2.28. The molecule has 1 amide bonds. The summed E-state index contributed by atoms with van der Waals surface area (Å²) in [6.07, 6.45) is -0.384. The molecule has 0 aliphatic carbocycles. The van der Waals surface area contributed by atoms with Gasteiger partial charge in [-0.25, -0.2) is 8.42 Å². The Morgan fingerprint density at radius 1 is 1.17 bits per heavy atom. The molecule has 3 rings (SSSR count). The van der Waals surface area contributed by atoms with Gasteiger partial charge in [0.25, 0.3) is 5.91 Å². The molecule has 0 N–H and O–H groups in total. The van der Waals surface area contributed by atoms with E-state index in [2.05, 4.69) is 0 Å². The Morgan fingerprint density at radius 2 is 1.83 bits per heavy atom. The number of sulfone groups is 1. The van der Waals surface area contributed by atoms with Crippen molar-refractivity contribution in [1.29, 1.82) is 0 Å². The second-order valence-electron chi connectivity index (χ2n) is 7.06. The van der Waals surface area contributed by atoms with Crippen LogP contribution in [-0.2, 0) is 21.2 Å². The molecule has 0 bridgehead atoms. The van der Waals surface area contributed by atoms with Crippen molar-refractivity contribution in [3.05, 3.63) is 59.1 Å². The molecule has 1 saturated heterocycles. The maximum absolute atomic E-state index is 13.3. The number of carbonyl (C=O) groups is 1. The van der Waals surface area contributed by atoms with Gasteiger partial charge in [0.15, 0.2) is 27.4 Å². The van der Waals surface area contributed by atoms with Crippen LogP contribution in [-0.4, -0.2) is 50.0 Å². The average Bonchev–Trinajstić information content (AvgIpc) is 3.06. The van der Waals surface area contributed by atoms with E-state index in [1.807, 2.05) is 18.2 Å². The van der Waals surface area contributed by atoms with E-state index in [0.717, 1.165) is 5.56 Å². The molecule has 1 fully saturated rings. The van der Waals surface area contributed by atoms with Crippen LogP contribution >= 0.6 is 11.6 Å². The Labute approximate surface area is 176 Å². The molecule has 2 aromatic carbocycles. The molecule has 8 heteroatoms. The summed E-state index contributed by atoms with van der Waals surface area (Å²) in [6, 6.07) is 13.9. The number of ether oxygens (including phenoxy) is 2. The summed E-state index contributed by atoms with van der Waals surface area (Å²) in [5.74, 6) is 0.770. The van der Waals surface area contributed by atoms with Gasteiger partial charge in [-0.3, -0.25) is 4.79 Å². The Morgan fingerprint density at radius 3 is 2.41 bits per heavy atom. The van der Waals surface area contributed by atoms with Gasteiger partial charge in [0.05, 0.1) is 18.6 Å². The van der Waals surface area contributed by atoms with Gasteiger partial charge < -0.3 is 14.4 Å². The van der Waals surface area contributed by atoms with Crippen molar-refractivity contribution < 1.29 is 22.7 Å². The smallest absolute Gasteiger partial charge is 0.263 e. The summed E-state index contributed by atoms with van der Waals surface area (Å²) in [4.78, 5) is 14.9. The third-order valence-corrected chi connectivity index (χ3v) is 6.92. The number of amides is 1. The van der Waals surface area contributed by atoms with Crippen LogP contribution in [0.25, 0.3) is 0 Å². The highest BCUT2D eigenvalue weighted by Gasteiger charge is 2.36. The number of methoxy groups -OCH3 is 1. The summed E-state index contributed by atoms with van der Waals surface area (Å²) in [5, 5.41) is 0.600. The van der Waals surface area contributed by atoms with E-state index in [1.165, 1.54) is 7.11 Å². The molecule has 0 aromatic heterocycles. The van der Waals surface area contributed by atoms with Crippen molar-refractivity contribution in [2.45, 2.75) is 32.0 Å². The molecule has 0 spiro atoms. The molecular formula is C21H24ClNO5S. The van der Waals surface area contributed by atoms with Crippen molar-refractivity contribution >= 4 is 27.3 Å². The van der Waals surface area contributed by atoms with Crippen LogP contribution in [0.5, 0.6) is 11.5 Å². The number of nitrogens with zero attached hydrogens (tertiary/aromatic N) is 1. The summed E-state index contributed by atoms with van der Waals surface area (Å²) in [6.45, 7) is 1.95. The molecule has 29 heavy (non-hydrogen) atoms. The third kappa shape index (κ3) is 5.42. The zero-order chi connectivity index (χ0) is 21.0. The SMILES string of the molecule is COc1ccccc1OC(C)C(=O)N(Cc1ccc(Cl)cc1)C1CCS(=O)(=O)C1. The van der Waals surface area contributed by atoms with E-state index in [4.69, 9.17) is 21.1 Å². The molecule has 1 heterocycles. The quantitative estimate of drug-likeness (QED) is 0.664. The molecule has 1 aliphatic heterocycles. The fourth-order valence-corrected chi connectivity index (χ4v) is 5.24. The van der Waals surface area contributed by atoms with E-state index < -0.39 is 15.9 Å². The zero-order valence-electron chi connectivity index (χ0n) is 16.4. The summed E-state index contributed by atoms with van der Waals surface area (Å²) in [5.41, 5.74) is 0.872. The first-order valence-corrected chi connectivity index (χ1v) is 11.5. The van der Waals surface area contributed by atoms with Gasteiger partial charge in [-0.1, -0.05) is 35.9 Å². The molecule has 2 atom stereocenters. The van der Waals surface area contributed by atoms with Crippen molar-refractivity contribution in [2.24, 2.45) is 0 Å².